The largest absolute Gasteiger partial charge is 0.357 e. The number of likely N-dealkylation sites (N-methyl/N-ethyl adjacent to an activating group) is 1. The molecule has 0 saturated heterocycles. The predicted molar refractivity (Wildman–Crippen MR) is 77.4 cm³/mol. The third-order valence-electron chi connectivity index (χ3n) is 4.01. The topological polar surface area (TPSA) is 19.0 Å². The van der Waals surface area contributed by atoms with E-state index >= 15 is 0 Å². The van der Waals surface area contributed by atoms with Gasteiger partial charge in [0.25, 0.3) is 0 Å². The molecule has 3 heteroatoms. The number of nitrogens with zero attached hydrogens (tertiary/aromatic N) is 1. The summed E-state index contributed by atoms with van der Waals surface area (Å²) in [5.41, 5.74) is 3.99. The Morgan fingerprint density at radius 1 is 1.28 bits per heavy atom. The molecular weight excluding hydrogens is 244 g/mol. The van der Waals surface area contributed by atoms with E-state index in [-0.39, 0.29) is 0 Å². The zero-order valence-corrected chi connectivity index (χ0v) is 11.6. The lowest BCUT2D eigenvalue weighted by Gasteiger charge is -2.22. The Bertz CT molecular complexity index is 559. The quantitative estimate of drug-likeness (QED) is 0.832. The summed E-state index contributed by atoms with van der Waals surface area (Å²) in [6.07, 6.45) is 3.49. The molecule has 0 saturated carbocycles. The summed E-state index contributed by atoms with van der Waals surface area (Å²) >= 11 is 6.27. The van der Waals surface area contributed by atoms with Gasteiger partial charge in [-0.2, -0.15) is 0 Å². The van der Waals surface area contributed by atoms with Crippen molar-refractivity contribution in [2.45, 2.75) is 26.2 Å². The number of hydrogen-bond acceptors (Lipinski definition) is 1. The third kappa shape index (κ3) is 2.04. The lowest BCUT2D eigenvalue weighted by Crippen LogP contribution is -2.29. The first-order valence-corrected chi connectivity index (χ1v) is 7.17. The van der Waals surface area contributed by atoms with E-state index < -0.39 is 0 Å². The highest BCUT2D eigenvalue weighted by molar-refractivity contribution is 6.35. The van der Waals surface area contributed by atoms with Crippen molar-refractivity contribution in [3.05, 3.63) is 34.5 Å². The molecule has 1 aliphatic heterocycles. The predicted octanol–water partition coefficient (Wildman–Crippen LogP) is 3.63. The van der Waals surface area contributed by atoms with Gasteiger partial charge in [-0.15, -0.1) is 0 Å². The highest BCUT2D eigenvalue weighted by Crippen LogP contribution is 2.30. The van der Waals surface area contributed by atoms with E-state index in [4.69, 9.17) is 11.6 Å². The SMILES string of the molecule is CCN1CCCc2[nH]c3c(Cl)cccc3c2CC1. The van der Waals surface area contributed by atoms with E-state index in [2.05, 4.69) is 28.9 Å². The minimum Gasteiger partial charge on any atom is -0.357 e. The van der Waals surface area contributed by atoms with Crippen LogP contribution >= 0.6 is 11.6 Å². The summed E-state index contributed by atoms with van der Waals surface area (Å²) in [4.78, 5) is 6.07. The summed E-state index contributed by atoms with van der Waals surface area (Å²) in [6, 6.07) is 6.20. The average molecular weight is 263 g/mol. The highest BCUT2D eigenvalue weighted by atomic mass is 35.5. The normalized spacial score (nSPS) is 17.4. The van der Waals surface area contributed by atoms with Crippen molar-refractivity contribution in [3.63, 3.8) is 0 Å². The second kappa shape index (κ2) is 4.94. The zero-order chi connectivity index (χ0) is 12.5. The van der Waals surface area contributed by atoms with E-state index in [0.29, 0.717) is 0 Å². The van der Waals surface area contributed by atoms with Gasteiger partial charge in [0.2, 0.25) is 0 Å². The number of nitrogens with one attached hydrogen (secondary N) is 1. The number of hydrogen-bond donors (Lipinski definition) is 1. The molecule has 3 rings (SSSR count). The Labute approximate surface area is 113 Å². The smallest absolute Gasteiger partial charge is 0.0648 e. The molecule has 18 heavy (non-hydrogen) atoms. The van der Waals surface area contributed by atoms with Crippen molar-refractivity contribution in [2.75, 3.05) is 19.6 Å². The van der Waals surface area contributed by atoms with Crippen molar-refractivity contribution < 1.29 is 0 Å². The maximum absolute atomic E-state index is 6.27. The van der Waals surface area contributed by atoms with E-state index in [0.717, 1.165) is 36.5 Å². The maximum atomic E-state index is 6.27. The molecule has 1 aromatic carbocycles. The molecule has 1 aromatic heterocycles. The fourth-order valence-corrected chi connectivity index (χ4v) is 3.19. The standard InChI is InChI=1S/C15H19ClN2/c1-2-18-9-4-7-14-11(8-10-18)12-5-3-6-13(16)15(12)17-14/h3,5-6,17H,2,4,7-10H2,1H3. The number of fused-ring (bicyclic) bond motifs is 3. The second-order valence-corrected chi connectivity index (χ2v) is 5.44. The summed E-state index contributed by atoms with van der Waals surface area (Å²) in [5.74, 6) is 0. The van der Waals surface area contributed by atoms with E-state index in [9.17, 15) is 0 Å². The van der Waals surface area contributed by atoms with Crippen LogP contribution in [0.5, 0.6) is 0 Å². The van der Waals surface area contributed by atoms with Crippen LogP contribution in [0.25, 0.3) is 10.9 Å². The molecule has 2 heterocycles. The van der Waals surface area contributed by atoms with Crippen LogP contribution in [-0.2, 0) is 12.8 Å². The summed E-state index contributed by atoms with van der Waals surface area (Å²) in [7, 11) is 0. The fourth-order valence-electron chi connectivity index (χ4n) is 2.97. The second-order valence-electron chi connectivity index (χ2n) is 5.03. The lowest BCUT2D eigenvalue weighted by atomic mass is 10.0. The molecule has 1 aliphatic rings. The monoisotopic (exact) mass is 262 g/mol. The van der Waals surface area contributed by atoms with E-state index in [1.807, 2.05) is 6.07 Å². The van der Waals surface area contributed by atoms with Crippen LogP contribution in [0, 0.1) is 0 Å². The number of para-hydroxylation sites is 1. The zero-order valence-electron chi connectivity index (χ0n) is 10.8. The molecule has 0 unspecified atom stereocenters. The number of benzene rings is 1. The molecule has 96 valence electrons. The van der Waals surface area contributed by atoms with Gasteiger partial charge in [0.1, 0.15) is 0 Å². The van der Waals surface area contributed by atoms with Gasteiger partial charge in [-0.05, 0) is 44.0 Å². The van der Waals surface area contributed by atoms with Gasteiger partial charge in [-0.3, -0.25) is 0 Å². The number of aryl methyl sites for hydroxylation is 1. The van der Waals surface area contributed by atoms with Gasteiger partial charge in [-0.25, -0.2) is 0 Å². The van der Waals surface area contributed by atoms with Crippen molar-refractivity contribution in [1.29, 1.82) is 0 Å². The van der Waals surface area contributed by atoms with Gasteiger partial charge < -0.3 is 9.88 Å². The number of aromatic nitrogens is 1. The summed E-state index contributed by atoms with van der Waals surface area (Å²) in [6.45, 7) is 5.76. The van der Waals surface area contributed by atoms with Crippen molar-refractivity contribution in [3.8, 4) is 0 Å². The lowest BCUT2D eigenvalue weighted by molar-refractivity contribution is 0.283. The summed E-state index contributed by atoms with van der Waals surface area (Å²) in [5, 5.41) is 2.15. The average Bonchev–Trinajstić information content (AvgIpc) is 2.68. The first kappa shape index (κ1) is 12.1. The molecule has 2 nitrogen and oxygen atoms in total. The molecule has 0 amide bonds. The first-order valence-electron chi connectivity index (χ1n) is 6.80. The molecule has 0 fully saturated rings. The Balaban J connectivity index is 2.05. The molecule has 0 bridgehead atoms. The van der Waals surface area contributed by atoms with Crippen LogP contribution in [0.4, 0.5) is 0 Å². The van der Waals surface area contributed by atoms with Crippen LogP contribution < -0.4 is 0 Å². The van der Waals surface area contributed by atoms with Crippen LogP contribution in [-0.4, -0.2) is 29.5 Å². The number of H-pyrrole nitrogens is 1. The van der Waals surface area contributed by atoms with Gasteiger partial charge in [0.15, 0.2) is 0 Å². The molecular formula is C15H19ClN2. The molecule has 0 radical (unpaired) electrons. The summed E-state index contributed by atoms with van der Waals surface area (Å²) < 4.78 is 0. The minimum atomic E-state index is 0.839. The Morgan fingerprint density at radius 2 is 2.17 bits per heavy atom. The van der Waals surface area contributed by atoms with Gasteiger partial charge >= 0.3 is 0 Å². The van der Waals surface area contributed by atoms with E-state index in [1.165, 1.54) is 29.6 Å². The molecule has 0 spiro atoms. The Morgan fingerprint density at radius 3 is 3.00 bits per heavy atom. The number of halogens is 1. The molecule has 1 N–H and O–H groups in total. The van der Waals surface area contributed by atoms with Crippen molar-refractivity contribution in [2.24, 2.45) is 0 Å². The van der Waals surface area contributed by atoms with E-state index in [1.54, 1.807) is 0 Å². The fraction of sp³-hybridized carbons (Fsp3) is 0.467. The van der Waals surface area contributed by atoms with Crippen LogP contribution in [0.3, 0.4) is 0 Å². The maximum Gasteiger partial charge on any atom is 0.0648 e. The molecule has 0 atom stereocenters. The third-order valence-corrected chi connectivity index (χ3v) is 4.32. The molecule has 2 aromatic rings. The Kier molecular flexibility index (Phi) is 3.31. The van der Waals surface area contributed by atoms with Gasteiger partial charge in [0.05, 0.1) is 10.5 Å². The van der Waals surface area contributed by atoms with Crippen LogP contribution in [0.15, 0.2) is 18.2 Å². The minimum absolute atomic E-state index is 0.839. The van der Waals surface area contributed by atoms with Crippen molar-refractivity contribution >= 4 is 22.5 Å². The Hall–Kier alpha value is -0.990. The van der Waals surface area contributed by atoms with Crippen molar-refractivity contribution in [1.82, 2.24) is 9.88 Å². The molecule has 0 aliphatic carbocycles. The van der Waals surface area contributed by atoms with Crippen LogP contribution in [0.1, 0.15) is 24.6 Å². The first-order chi connectivity index (χ1) is 8.79. The van der Waals surface area contributed by atoms with Gasteiger partial charge in [0, 0.05) is 17.6 Å². The number of aromatic amines is 1. The van der Waals surface area contributed by atoms with Gasteiger partial charge in [-0.1, -0.05) is 30.7 Å². The highest BCUT2D eigenvalue weighted by Gasteiger charge is 2.16. The number of rotatable bonds is 1. The van der Waals surface area contributed by atoms with Crippen LogP contribution in [0.2, 0.25) is 5.02 Å².